The standard InChI is InChI=1S/C28H31N3O3S/c1-7-31-23-12-18(3)20(13-22(23)19(4)15-28(31,5)6)14-24-26(33)30(27(34)35-24)16-25(32)29-21-10-8-9-17(2)11-21/h8-15H,7,16H2,1-6H3,(H,29,32)/b24-14-. The predicted molar refractivity (Wildman–Crippen MR) is 144 cm³/mol. The molecule has 0 unspecified atom stereocenters. The lowest BCUT2D eigenvalue weighted by molar-refractivity contribution is -0.127. The maximum Gasteiger partial charge on any atom is 0.294 e. The first-order valence-electron chi connectivity index (χ1n) is 11.7. The molecular formula is C28H31N3O3S. The van der Waals surface area contributed by atoms with Gasteiger partial charge >= 0.3 is 0 Å². The molecule has 0 radical (unpaired) electrons. The van der Waals surface area contributed by atoms with Crippen LogP contribution >= 0.6 is 11.8 Å². The van der Waals surface area contributed by atoms with E-state index < -0.39 is 17.1 Å². The summed E-state index contributed by atoms with van der Waals surface area (Å²) in [6.07, 6.45) is 4.03. The van der Waals surface area contributed by atoms with Gasteiger partial charge in [0.15, 0.2) is 0 Å². The largest absolute Gasteiger partial charge is 0.363 e. The van der Waals surface area contributed by atoms with Crippen molar-refractivity contribution in [3.05, 3.63) is 69.6 Å². The van der Waals surface area contributed by atoms with Crippen LogP contribution in [0.4, 0.5) is 16.2 Å². The SMILES string of the molecule is CCN1c2cc(C)c(/C=C3\SC(=O)N(CC(=O)Nc4cccc(C)c4)C3=O)cc2C(C)=CC1(C)C. The fraction of sp³-hybridized carbons (Fsp3) is 0.321. The van der Waals surface area contributed by atoms with Crippen LogP contribution in [-0.2, 0) is 9.59 Å². The maximum absolute atomic E-state index is 13.0. The summed E-state index contributed by atoms with van der Waals surface area (Å²) in [7, 11) is 0. The predicted octanol–water partition coefficient (Wildman–Crippen LogP) is 6.00. The van der Waals surface area contributed by atoms with Crippen LogP contribution < -0.4 is 10.2 Å². The van der Waals surface area contributed by atoms with Gasteiger partial charge in [-0.05, 0) is 106 Å². The van der Waals surface area contributed by atoms with Crippen LogP contribution in [0, 0.1) is 13.8 Å². The number of likely N-dealkylation sites (N-methyl/N-ethyl adjacent to an activating group) is 1. The third kappa shape index (κ3) is 4.91. The van der Waals surface area contributed by atoms with Crippen molar-refractivity contribution in [2.24, 2.45) is 0 Å². The minimum Gasteiger partial charge on any atom is -0.363 e. The Morgan fingerprint density at radius 2 is 1.86 bits per heavy atom. The number of thioether (sulfide) groups is 1. The monoisotopic (exact) mass is 489 g/mol. The number of nitrogens with one attached hydrogen (secondary N) is 1. The number of fused-ring (bicyclic) bond motifs is 1. The Morgan fingerprint density at radius 3 is 2.54 bits per heavy atom. The molecule has 2 aromatic rings. The van der Waals surface area contributed by atoms with Crippen molar-refractivity contribution < 1.29 is 14.4 Å². The molecule has 0 atom stereocenters. The molecule has 2 heterocycles. The minimum atomic E-state index is -0.444. The Bertz CT molecular complexity index is 1290. The highest BCUT2D eigenvalue weighted by Gasteiger charge is 2.37. The van der Waals surface area contributed by atoms with E-state index in [1.165, 1.54) is 11.3 Å². The fourth-order valence-electron chi connectivity index (χ4n) is 4.82. The highest BCUT2D eigenvalue weighted by Crippen LogP contribution is 2.41. The average molecular weight is 490 g/mol. The van der Waals surface area contributed by atoms with Gasteiger partial charge in [0.25, 0.3) is 11.1 Å². The summed E-state index contributed by atoms with van der Waals surface area (Å²) in [4.78, 5) is 41.8. The van der Waals surface area contributed by atoms with Crippen LogP contribution in [0.25, 0.3) is 11.6 Å². The van der Waals surface area contributed by atoms with Crippen molar-refractivity contribution in [3.8, 4) is 0 Å². The molecule has 0 spiro atoms. The van der Waals surface area contributed by atoms with E-state index in [1.54, 1.807) is 12.1 Å². The van der Waals surface area contributed by atoms with Gasteiger partial charge in [-0.2, -0.15) is 0 Å². The molecule has 35 heavy (non-hydrogen) atoms. The molecule has 6 nitrogen and oxygen atoms in total. The quantitative estimate of drug-likeness (QED) is 0.522. The molecule has 7 heteroatoms. The van der Waals surface area contributed by atoms with Gasteiger partial charge in [0, 0.05) is 23.5 Å². The molecule has 0 saturated carbocycles. The number of amides is 3. The first-order chi connectivity index (χ1) is 16.5. The molecule has 0 bridgehead atoms. The van der Waals surface area contributed by atoms with Crippen molar-refractivity contribution in [1.29, 1.82) is 0 Å². The van der Waals surface area contributed by atoms with E-state index in [4.69, 9.17) is 0 Å². The smallest absolute Gasteiger partial charge is 0.294 e. The summed E-state index contributed by atoms with van der Waals surface area (Å²) in [5, 5.41) is 2.32. The van der Waals surface area contributed by atoms with E-state index in [-0.39, 0.29) is 12.1 Å². The second kappa shape index (κ2) is 9.38. The molecule has 0 aromatic heterocycles. The molecule has 4 rings (SSSR count). The fourth-order valence-corrected chi connectivity index (χ4v) is 5.65. The van der Waals surface area contributed by atoms with Gasteiger partial charge in [0.2, 0.25) is 5.91 Å². The average Bonchev–Trinajstić information content (AvgIpc) is 3.02. The first-order valence-corrected chi connectivity index (χ1v) is 12.6. The first kappa shape index (κ1) is 24.8. The zero-order valence-corrected chi connectivity index (χ0v) is 21.9. The third-order valence-electron chi connectivity index (χ3n) is 6.45. The molecule has 2 aromatic carbocycles. The Balaban J connectivity index is 1.57. The summed E-state index contributed by atoms with van der Waals surface area (Å²) < 4.78 is 0. The van der Waals surface area contributed by atoms with Crippen LogP contribution in [0.3, 0.4) is 0 Å². The lowest BCUT2D eigenvalue weighted by Gasteiger charge is -2.43. The number of carbonyl (C=O) groups is 3. The van der Waals surface area contributed by atoms with Crippen molar-refractivity contribution in [3.63, 3.8) is 0 Å². The Kier molecular flexibility index (Phi) is 6.64. The number of aryl methyl sites for hydroxylation is 2. The number of benzene rings is 2. The van der Waals surface area contributed by atoms with Gasteiger partial charge < -0.3 is 10.2 Å². The second-order valence-electron chi connectivity index (χ2n) is 9.64. The van der Waals surface area contributed by atoms with Crippen LogP contribution in [0.15, 0.2) is 47.4 Å². The summed E-state index contributed by atoms with van der Waals surface area (Å²) in [6, 6.07) is 11.6. The molecule has 2 aliphatic rings. The zero-order chi connectivity index (χ0) is 25.5. The molecule has 1 N–H and O–H groups in total. The topological polar surface area (TPSA) is 69.7 Å². The van der Waals surface area contributed by atoms with E-state index in [0.29, 0.717) is 10.6 Å². The van der Waals surface area contributed by atoms with Crippen LogP contribution in [0.2, 0.25) is 0 Å². The molecule has 182 valence electrons. The van der Waals surface area contributed by atoms with Gasteiger partial charge in [-0.3, -0.25) is 19.3 Å². The Labute approximate surface area is 211 Å². The van der Waals surface area contributed by atoms with Crippen LogP contribution in [0.5, 0.6) is 0 Å². The number of hydrogen-bond acceptors (Lipinski definition) is 5. The van der Waals surface area contributed by atoms with E-state index in [0.717, 1.165) is 45.5 Å². The van der Waals surface area contributed by atoms with Crippen molar-refractivity contribution in [2.45, 2.75) is 47.1 Å². The lowest BCUT2D eigenvalue weighted by Crippen LogP contribution is -2.44. The van der Waals surface area contributed by atoms with Crippen LogP contribution in [-0.4, -0.2) is 40.6 Å². The molecule has 0 aliphatic carbocycles. The molecular weight excluding hydrogens is 458 g/mol. The summed E-state index contributed by atoms with van der Waals surface area (Å²) in [5.74, 6) is -0.854. The van der Waals surface area contributed by atoms with Gasteiger partial charge in [-0.25, -0.2) is 0 Å². The Hall–Kier alpha value is -3.32. The van der Waals surface area contributed by atoms with E-state index in [9.17, 15) is 14.4 Å². The number of nitrogens with zero attached hydrogens (tertiary/aromatic N) is 2. The normalized spacial score (nSPS) is 18.1. The molecule has 1 fully saturated rings. The minimum absolute atomic E-state index is 0.0819. The lowest BCUT2D eigenvalue weighted by atomic mass is 9.87. The number of imide groups is 1. The molecule has 2 aliphatic heterocycles. The van der Waals surface area contributed by atoms with E-state index >= 15 is 0 Å². The number of anilines is 2. The van der Waals surface area contributed by atoms with Gasteiger partial charge in [-0.15, -0.1) is 0 Å². The zero-order valence-electron chi connectivity index (χ0n) is 21.1. The van der Waals surface area contributed by atoms with Gasteiger partial charge in [0.1, 0.15) is 6.54 Å². The number of carbonyl (C=O) groups excluding carboxylic acids is 3. The number of allylic oxidation sites excluding steroid dienone is 1. The molecule has 1 saturated heterocycles. The summed E-state index contributed by atoms with van der Waals surface area (Å²) in [5.41, 5.74) is 6.96. The van der Waals surface area contributed by atoms with Crippen molar-refractivity contribution in [2.75, 3.05) is 23.3 Å². The van der Waals surface area contributed by atoms with Crippen molar-refractivity contribution >= 4 is 51.8 Å². The Morgan fingerprint density at radius 1 is 1.11 bits per heavy atom. The number of hydrogen-bond donors (Lipinski definition) is 1. The second-order valence-corrected chi connectivity index (χ2v) is 10.6. The molecule has 3 amide bonds. The highest BCUT2D eigenvalue weighted by molar-refractivity contribution is 8.18. The van der Waals surface area contributed by atoms with E-state index in [1.807, 2.05) is 32.0 Å². The summed E-state index contributed by atoms with van der Waals surface area (Å²) >= 11 is 0.873. The van der Waals surface area contributed by atoms with Gasteiger partial charge in [0.05, 0.1) is 10.4 Å². The third-order valence-corrected chi connectivity index (χ3v) is 7.35. The van der Waals surface area contributed by atoms with E-state index in [2.05, 4.69) is 56.1 Å². The van der Waals surface area contributed by atoms with Gasteiger partial charge in [-0.1, -0.05) is 18.2 Å². The maximum atomic E-state index is 13.0. The van der Waals surface area contributed by atoms with Crippen molar-refractivity contribution in [1.82, 2.24) is 4.90 Å². The number of rotatable bonds is 5. The van der Waals surface area contributed by atoms with Crippen LogP contribution in [0.1, 0.15) is 49.9 Å². The highest BCUT2D eigenvalue weighted by atomic mass is 32.2. The summed E-state index contributed by atoms with van der Waals surface area (Å²) in [6.45, 7) is 13.2.